The number of esters is 1. The van der Waals surface area contributed by atoms with Crippen LogP contribution in [0.5, 0.6) is 0 Å². The lowest BCUT2D eigenvalue weighted by atomic mass is 9.87. The number of rotatable bonds is 6. The van der Waals surface area contributed by atoms with E-state index in [9.17, 15) is 23.3 Å². The van der Waals surface area contributed by atoms with E-state index in [0.29, 0.717) is 5.71 Å². The minimum atomic E-state index is -3.70. The van der Waals surface area contributed by atoms with E-state index < -0.39 is 38.4 Å². The lowest BCUT2D eigenvalue weighted by molar-refractivity contribution is -0.386. The van der Waals surface area contributed by atoms with Crippen molar-refractivity contribution in [1.29, 1.82) is 0 Å². The molecule has 0 bridgehead atoms. The van der Waals surface area contributed by atoms with Crippen molar-refractivity contribution in [3.05, 3.63) is 69.8 Å². The third-order valence-corrected chi connectivity index (χ3v) is 6.31. The topological polar surface area (TPSA) is 160 Å². The number of hydrogen-bond acceptors (Lipinski definition) is 10. The van der Waals surface area contributed by atoms with Gasteiger partial charge in [-0.3, -0.25) is 14.9 Å². The van der Waals surface area contributed by atoms with Crippen LogP contribution < -0.4 is 0 Å². The molecule has 0 amide bonds. The molecular weight excluding hydrogens is 452 g/mol. The highest BCUT2D eigenvalue weighted by Crippen LogP contribution is 2.40. The van der Waals surface area contributed by atoms with Crippen molar-refractivity contribution >= 4 is 33.2 Å². The van der Waals surface area contributed by atoms with Gasteiger partial charge in [0, 0.05) is 18.0 Å². The van der Waals surface area contributed by atoms with Crippen LogP contribution in [-0.4, -0.2) is 51.5 Å². The average Bonchev–Trinajstić information content (AvgIpc) is 3.24. The Labute approximate surface area is 188 Å². The summed E-state index contributed by atoms with van der Waals surface area (Å²) in [6.07, 6.45) is 0.951. The van der Waals surface area contributed by atoms with Crippen LogP contribution in [0.1, 0.15) is 24.1 Å². The number of nitro benzene ring substituents is 1. The van der Waals surface area contributed by atoms with E-state index in [4.69, 9.17) is 4.74 Å². The van der Waals surface area contributed by atoms with Crippen LogP contribution in [0.4, 0.5) is 11.6 Å². The number of hydrogen-bond donors (Lipinski definition) is 0. The molecule has 12 nitrogen and oxygen atoms in total. The van der Waals surface area contributed by atoms with E-state index in [0.717, 1.165) is 17.9 Å². The van der Waals surface area contributed by atoms with Crippen LogP contribution in [0.25, 0.3) is 0 Å². The van der Waals surface area contributed by atoms with E-state index >= 15 is 0 Å². The zero-order valence-electron chi connectivity index (χ0n) is 17.5. The quantitative estimate of drug-likeness (QED) is 0.298. The van der Waals surface area contributed by atoms with Crippen molar-refractivity contribution in [3.63, 3.8) is 0 Å². The Bertz CT molecular complexity index is 1370. The molecule has 2 unspecified atom stereocenters. The largest absolute Gasteiger partial charge is 0.460 e. The second-order valence-electron chi connectivity index (χ2n) is 7.44. The number of nitro groups is 1. The summed E-state index contributed by atoms with van der Waals surface area (Å²) >= 11 is 0. The molecule has 4 rings (SSSR count). The Morgan fingerprint density at radius 3 is 2.61 bits per heavy atom. The molecule has 13 heteroatoms. The van der Waals surface area contributed by atoms with E-state index in [1.54, 1.807) is 31.2 Å². The number of tetrazole rings is 1. The monoisotopic (exact) mass is 470 g/mol. The van der Waals surface area contributed by atoms with Crippen molar-refractivity contribution in [2.45, 2.75) is 24.5 Å². The van der Waals surface area contributed by atoms with Gasteiger partial charge in [0.05, 0.1) is 15.4 Å². The van der Waals surface area contributed by atoms with Crippen molar-refractivity contribution < 1.29 is 22.9 Å². The molecule has 2 atom stereocenters. The van der Waals surface area contributed by atoms with Gasteiger partial charge in [0.1, 0.15) is 18.6 Å². The summed E-state index contributed by atoms with van der Waals surface area (Å²) in [5.74, 6) is -1.69. The Hall–Kier alpha value is -4.00. The Morgan fingerprint density at radius 2 is 1.94 bits per heavy atom. The van der Waals surface area contributed by atoms with E-state index in [1.807, 2.05) is 6.07 Å². The van der Waals surface area contributed by atoms with Crippen molar-refractivity contribution in [2.24, 2.45) is 10.9 Å². The molecule has 0 N–H and O–H groups in total. The van der Waals surface area contributed by atoms with Gasteiger partial charge in [0.2, 0.25) is 0 Å². The van der Waals surface area contributed by atoms with Gasteiger partial charge in [-0.2, -0.15) is 0 Å². The molecule has 0 radical (unpaired) electrons. The fourth-order valence-corrected chi connectivity index (χ4v) is 4.27. The highest BCUT2D eigenvalue weighted by molar-refractivity contribution is 7.90. The highest BCUT2D eigenvalue weighted by atomic mass is 32.2. The molecule has 2 aromatic carbocycles. The van der Waals surface area contributed by atoms with Gasteiger partial charge >= 0.3 is 5.97 Å². The maximum atomic E-state index is 13.2. The Balaban J connectivity index is 1.79. The van der Waals surface area contributed by atoms with E-state index in [1.165, 1.54) is 16.8 Å². The molecule has 0 fully saturated rings. The summed E-state index contributed by atoms with van der Waals surface area (Å²) in [7, 11) is -3.70. The number of ether oxygens (including phenoxy) is 1. The third-order valence-electron chi connectivity index (χ3n) is 5.20. The summed E-state index contributed by atoms with van der Waals surface area (Å²) in [5.41, 5.74) is 0.637. The Morgan fingerprint density at radius 1 is 1.21 bits per heavy atom. The Kier molecular flexibility index (Phi) is 5.72. The van der Waals surface area contributed by atoms with Crippen LogP contribution in [0.15, 0.2) is 58.4 Å². The second-order valence-corrected chi connectivity index (χ2v) is 9.46. The maximum Gasteiger partial charge on any atom is 0.317 e. The minimum absolute atomic E-state index is 0.00620. The maximum absolute atomic E-state index is 13.2. The van der Waals surface area contributed by atoms with Crippen LogP contribution in [0.3, 0.4) is 0 Å². The standard InChI is InChI=1S/C20H18N6O6S/c1-12-17(19(27)32-11-13-6-4-3-5-7-13)18(25-20(21-12)22-23-24-25)15-9-8-14(33(2,30)31)10-16(15)26(28)29/h3-10,17-18H,11H2,1-2H3. The first kappa shape index (κ1) is 22.2. The van der Waals surface area contributed by atoms with Crippen LogP contribution in [0.2, 0.25) is 0 Å². The van der Waals surface area contributed by atoms with Gasteiger partial charge in [0.25, 0.3) is 11.6 Å². The molecule has 0 saturated carbocycles. The molecule has 0 aliphatic carbocycles. The number of nitrogens with zero attached hydrogens (tertiary/aromatic N) is 6. The molecule has 2 heterocycles. The minimum Gasteiger partial charge on any atom is -0.460 e. The SMILES string of the molecule is CC1=Nc2nnnn2C(c2ccc(S(C)(=O)=O)cc2[N+](=O)[O-])C1C(=O)OCc1ccccc1. The zero-order chi connectivity index (χ0) is 23.8. The number of carbonyl (C=O) groups is 1. The van der Waals surface area contributed by atoms with Gasteiger partial charge in [-0.25, -0.2) is 18.1 Å². The number of benzene rings is 2. The summed E-state index contributed by atoms with van der Waals surface area (Å²) in [6, 6.07) is 11.5. The first-order chi connectivity index (χ1) is 15.7. The molecular formula is C20H18N6O6S. The molecule has 170 valence electrons. The number of aromatic nitrogens is 4. The van der Waals surface area contributed by atoms with Gasteiger partial charge in [0.15, 0.2) is 9.84 Å². The highest BCUT2D eigenvalue weighted by Gasteiger charge is 2.43. The first-order valence-electron chi connectivity index (χ1n) is 9.69. The first-order valence-corrected chi connectivity index (χ1v) is 11.6. The molecule has 1 aromatic heterocycles. The number of carbonyl (C=O) groups excluding carboxylic acids is 1. The van der Waals surface area contributed by atoms with Crippen LogP contribution in [-0.2, 0) is 26.0 Å². The fraction of sp³-hybridized carbons (Fsp3) is 0.250. The number of sulfone groups is 1. The number of aliphatic imine (C=N–C) groups is 1. The third kappa shape index (κ3) is 4.35. The van der Waals surface area contributed by atoms with E-state index in [-0.39, 0.29) is 23.0 Å². The number of fused-ring (bicyclic) bond motifs is 1. The van der Waals surface area contributed by atoms with Crippen molar-refractivity contribution in [3.8, 4) is 0 Å². The lowest BCUT2D eigenvalue weighted by Gasteiger charge is -2.29. The van der Waals surface area contributed by atoms with Crippen molar-refractivity contribution in [1.82, 2.24) is 20.2 Å². The molecule has 0 spiro atoms. The molecule has 1 aliphatic rings. The van der Waals surface area contributed by atoms with Crippen LogP contribution in [0, 0.1) is 16.0 Å². The van der Waals surface area contributed by atoms with Gasteiger partial charge < -0.3 is 4.74 Å². The average molecular weight is 470 g/mol. The lowest BCUT2D eigenvalue weighted by Crippen LogP contribution is -2.37. The van der Waals surface area contributed by atoms with Gasteiger partial charge in [-0.1, -0.05) is 35.4 Å². The molecule has 33 heavy (non-hydrogen) atoms. The predicted molar refractivity (Wildman–Crippen MR) is 115 cm³/mol. The molecule has 1 aliphatic heterocycles. The summed E-state index contributed by atoms with van der Waals surface area (Å²) in [4.78, 5) is 28.3. The normalized spacial score (nSPS) is 17.7. The molecule has 3 aromatic rings. The van der Waals surface area contributed by atoms with Crippen LogP contribution >= 0.6 is 0 Å². The smallest absolute Gasteiger partial charge is 0.317 e. The summed E-state index contributed by atoms with van der Waals surface area (Å²) < 4.78 is 30.6. The van der Waals surface area contributed by atoms with Crippen molar-refractivity contribution in [2.75, 3.05) is 6.26 Å². The summed E-state index contributed by atoms with van der Waals surface area (Å²) in [5, 5.41) is 23.1. The van der Waals surface area contributed by atoms with E-state index in [2.05, 4.69) is 20.5 Å². The summed E-state index contributed by atoms with van der Waals surface area (Å²) in [6.45, 7) is 1.57. The second kappa shape index (κ2) is 8.50. The predicted octanol–water partition coefficient (Wildman–Crippen LogP) is 2.04. The fourth-order valence-electron chi connectivity index (χ4n) is 3.63. The molecule has 0 saturated heterocycles. The van der Waals surface area contributed by atoms with Gasteiger partial charge in [-0.15, -0.1) is 0 Å². The zero-order valence-corrected chi connectivity index (χ0v) is 18.3. The van der Waals surface area contributed by atoms with Gasteiger partial charge in [-0.05, 0) is 35.0 Å².